The van der Waals surface area contributed by atoms with Crippen molar-refractivity contribution in [3.8, 4) is 5.75 Å². The predicted octanol–water partition coefficient (Wildman–Crippen LogP) is 3.14. The van der Waals surface area contributed by atoms with Crippen molar-refractivity contribution in [2.75, 3.05) is 39.5 Å². The average Bonchev–Trinajstić information content (AvgIpc) is 2.42. The first-order valence-corrected chi connectivity index (χ1v) is 7.32. The van der Waals surface area contributed by atoms with Crippen LogP contribution in [0.15, 0.2) is 18.2 Å². The Morgan fingerprint density at radius 1 is 1.26 bits per heavy atom. The SMILES string of the molecule is Cc1cc(Cl)ccc1OCCCCN1CCOCC1. The van der Waals surface area contributed by atoms with Crippen molar-refractivity contribution in [2.45, 2.75) is 19.8 Å². The molecule has 1 heterocycles. The van der Waals surface area contributed by atoms with Gasteiger partial charge in [-0.3, -0.25) is 4.90 Å². The molecular formula is C15H22ClNO2. The molecule has 3 nitrogen and oxygen atoms in total. The van der Waals surface area contributed by atoms with Crippen LogP contribution in [-0.2, 0) is 4.74 Å². The van der Waals surface area contributed by atoms with Gasteiger partial charge in [0, 0.05) is 18.1 Å². The van der Waals surface area contributed by atoms with Gasteiger partial charge >= 0.3 is 0 Å². The van der Waals surface area contributed by atoms with Gasteiger partial charge in [-0.15, -0.1) is 0 Å². The first-order chi connectivity index (χ1) is 9.25. The van der Waals surface area contributed by atoms with Crippen LogP contribution in [0, 0.1) is 6.92 Å². The van der Waals surface area contributed by atoms with Gasteiger partial charge in [0.05, 0.1) is 19.8 Å². The number of benzene rings is 1. The normalized spacial score (nSPS) is 16.5. The van der Waals surface area contributed by atoms with Crippen LogP contribution >= 0.6 is 11.6 Å². The summed E-state index contributed by atoms with van der Waals surface area (Å²) in [6.07, 6.45) is 2.26. The molecule has 0 aromatic heterocycles. The zero-order valence-electron chi connectivity index (χ0n) is 11.5. The molecule has 0 spiro atoms. The van der Waals surface area contributed by atoms with Crippen LogP contribution in [0.4, 0.5) is 0 Å². The van der Waals surface area contributed by atoms with E-state index < -0.39 is 0 Å². The Labute approximate surface area is 120 Å². The molecule has 0 atom stereocenters. The molecule has 1 aliphatic rings. The molecule has 1 aromatic rings. The highest BCUT2D eigenvalue weighted by molar-refractivity contribution is 6.30. The third kappa shape index (κ3) is 5.01. The number of unbranched alkanes of at least 4 members (excludes halogenated alkanes) is 1. The number of halogens is 1. The van der Waals surface area contributed by atoms with E-state index in [9.17, 15) is 0 Å². The van der Waals surface area contributed by atoms with Crippen LogP contribution in [0.1, 0.15) is 18.4 Å². The lowest BCUT2D eigenvalue weighted by Crippen LogP contribution is -2.36. The number of aryl methyl sites for hydroxylation is 1. The number of morpholine rings is 1. The van der Waals surface area contributed by atoms with Gasteiger partial charge in [0.1, 0.15) is 5.75 Å². The molecule has 0 bridgehead atoms. The maximum atomic E-state index is 5.92. The van der Waals surface area contributed by atoms with Gasteiger partial charge in [-0.25, -0.2) is 0 Å². The standard InChI is InChI=1S/C15H22ClNO2/c1-13-12-14(16)4-5-15(13)19-9-3-2-6-17-7-10-18-11-8-17/h4-5,12H,2-3,6-11H2,1H3. The summed E-state index contributed by atoms with van der Waals surface area (Å²) in [6, 6.07) is 5.75. The van der Waals surface area contributed by atoms with Gasteiger partial charge in [0.15, 0.2) is 0 Å². The summed E-state index contributed by atoms with van der Waals surface area (Å²) in [7, 11) is 0. The maximum absolute atomic E-state index is 5.92. The lowest BCUT2D eigenvalue weighted by molar-refractivity contribution is 0.0368. The molecule has 0 amide bonds. The van der Waals surface area contributed by atoms with Crippen LogP contribution in [0.5, 0.6) is 5.75 Å². The average molecular weight is 284 g/mol. The fraction of sp³-hybridized carbons (Fsp3) is 0.600. The van der Waals surface area contributed by atoms with Gasteiger partial charge in [0.25, 0.3) is 0 Å². The third-order valence-electron chi connectivity index (χ3n) is 3.37. The van der Waals surface area contributed by atoms with Gasteiger partial charge in [0.2, 0.25) is 0 Å². The number of hydrogen-bond acceptors (Lipinski definition) is 3. The fourth-order valence-electron chi connectivity index (χ4n) is 2.22. The number of hydrogen-bond donors (Lipinski definition) is 0. The summed E-state index contributed by atoms with van der Waals surface area (Å²) in [6.45, 7) is 7.82. The third-order valence-corrected chi connectivity index (χ3v) is 3.60. The van der Waals surface area contributed by atoms with E-state index in [-0.39, 0.29) is 0 Å². The molecule has 4 heteroatoms. The molecule has 0 N–H and O–H groups in total. The molecule has 0 aliphatic carbocycles. The summed E-state index contributed by atoms with van der Waals surface area (Å²) < 4.78 is 11.1. The smallest absolute Gasteiger partial charge is 0.122 e. The molecule has 106 valence electrons. The molecule has 2 rings (SSSR count). The Bertz CT molecular complexity index is 392. The molecule has 0 radical (unpaired) electrons. The van der Waals surface area contributed by atoms with E-state index in [2.05, 4.69) is 4.90 Å². The number of ether oxygens (including phenoxy) is 2. The van der Waals surface area contributed by atoms with Crippen molar-refractivity contribution < 1.29 is 9.47 Å². The fourth-order valence-corrected chi connectivity index (χ4v) is 2.45. The van der Waals surface area contributed by atoms with E-state index in [1.54, 1.807) is 0 Å². The van der Waals surface area contributed by atoms with Crippen LogP contribution in [0.2, 0.25) is 5.02 Å². The Hall–Kier alpha value is -0.770. The second-order valence-electron chi connectivity index (χ2n) is 4.92. The summed E-state index contributed by atoms with van der Waals surface area (Å²) in [4.78, 5) is 2.46. The van der Waals surface area contributed by atoms with Crippen LogP contribution < -0.4 is 4.74 Å². The predicted molar refractivity (Wildman–Crippen MR) is 78.2 cm³/mol. The van der Waals surface area contributed by atoms with Gasteiger partial charge < -0.3 is 9.47 Å². The molecule has 1 aromatic carbocycles. The highest BCUT2D eigenvalue weighted by Crippen LogP contribution is 2.21. The second-order valence-corrected chi connectivity index (χ2v) is 5.36. The Balaban J connectivity index is 1.61. The van der Waals surface area contributed by atoms with E-state index in [0.717, 1.165) is 62.2 Å². The highest BCUT2D eigenvalue weighted by atomic mass is 35.5. The minimum absolute atomic E-state index is 0.761. The van der Waals surface area contributed by atoms with Crippen molar-refractivity contribution >= 4 is 11.6 Å². The molecule has 1 aliphatic heterocycles. The Morgan fingerprint density at radius 3 is 2.79 bits per heavy atom. The summed E-state index contributed by atoms with van der Waals surface area (Å²) in [5, 5.41) is 0.761. The molecule has 1 saturated heterocycles. The van der Waals surface area contributed by atoms with Crippen molar-refractivity contribution in [1.82, 2.24) is 4.90 Å². The first kappa shape index (κ1) is 14.6. The quantitative estimate of drug-likeness (QED) is 0.749. The monoisotopic (exact) mass is 283 g/mol. The largest absolute Gasteiger partial charge is 0.493 e. The highest BCUT2D eigenvalue weighted by Gasteiger charge is 2.09. The van der Waals surface area contributed by atoms with E-state index in [1.807, 2.05) is 25.1 Å². The van der Waals surface area contributed by atoms with E-state index in [4.69, 9.17) is 21.1 Å². The van der Waals surface area contributed by atoms with Gasteiger partial charge in [-0.1, -0.05) is 11.6 Å². The maximum Gasteiger partial charge on any atom is 0.122 e. The van der Waals surface area contributed by atoms with Crippen molar-refractivity contribution in [2.24, 2.45) is 0 Å². The summed E-state index contributed by atoms with van der Waals surface area (Å²) >= 11 is 5.92. The zero-order valence-corrected chi connectivity index (χ0v) is 12.3. The van der Waals surface area contributed by atoms with Gasteiger partial charge in [-0.05, 0) is 50.1 Å². The zero-order chi connectivity index (χ0) is 13.5. The van der Waals surface area contributed by atoms with E-state index >= 15 is 0 Å². The second kappa shape index (κ2) is 7.73. The molecule has 19 heavy (non-hydrogen) atoms. The molecule has 1 fully saturated rings. The number of rotatable bonds is 6. The van der Waals surface area contributed by atoms with Crippen LogP contribution in [0.25, 0.3) is 0 Å². The summed E-state index contributed by atoms with van der Waals surface area (Å²) in [5.74, 6) is 0.941. The lowest BCUT2D eigenvalue weighted by Gasteiger charge is -2.26. The molecule has 0 unspecified atom stereocenters. The Morgan fingerprint density at radius 2 is 2.05 bits per heavy atom. The minimum Gasteiger partial charge on any atom is -0.493 e. The Kier molecular flexibility index (Phi) is 5.95. The molecule has 0 saturated carbocycles. The van der Waals surface area contributed by atoms with Gasteiger partial charge in [-0.2, -0.15) is 0 Å². The van der Waals surface area contributed by atoms with Crippen molar-refractivity contribution in [3.63, 3.8) is 0 Å². The minimum atomic E-state index is 0.761. The van der Waals surface area contributed by atoms with Crippen molar-refractivity contribution in [3.05, 3.63) is 28.8 Å². The van der Waals surface area contributed by atoms with Crippen molar-refractivity contribution in [1.29, 1.82) is 0 Å². The van der Waals surface area contributed by atoms with Crippen LogP contribution in [-0.4, -0.2) is 44.4 Å². The van der Waals surface area contributed by atoms with E-state index in [1.165, 1.54) is 6.42 Å². The molecular weight excluding hydrogens is 262 g/mol. The summed E-state index contributed by atoms with van der Waals surface area (Å²) in [5.41, 5.74) is 1.10. The lowest BCUT2D eigenvalue weighted by atomic mass is 10.2. The first-order valence-electron chi connectivity index (χ1n) is 6.95. The van der Waals surface area contributed by atoms with Crippen LogP contribution in [0.3, 0.4) is 0 Å². The van der Waals surface area contributed by atoms with E-state index in [0.29, 0.717) is 0 Å². The number of nitrogens with zero attached hydrogens (tertiary/aromatic N) is 1. The topological polar surface area (TPSA) is 21.7 Å².